The fourth-order valence-corrected chi connectivity index (χ4v) is 3.16. The molecule has 7 nitrogen and oxygen atoms in total. The molecule has 8 heteroatoms. The normalized spacial score (nSPS) is 15.2. The lowest BCUT2D eigenvalue weighted by atomic mass is 9.97. The minimum atomic E-state index is -0.147. The number of aromatic nitrogens is 2. The molecule has 0 spiro atoms. The van der Waals surface area contributed by atoms with Crippen molar-refractivity contribution >= 4 is 29.9 Å². The molecule has 1 aliphatic heterocycles. The van der Waals surface area contributed by atoms with Crippen molar-refractivity contribution < 1.29 is 4.52 Å². The number of aliphatic imine (C=N–C) groups is 1. The number of guanidine groups is 1. The van der Waals surface area contributed by atoms with E-state index in [-0.39, 0.29) is 29.4 Å². The first-order chi connectivity index (χ1) is 13.4. The molecule has 29 heavy (non-hydrogen) atoms. The zero-order valence-electron chi connectivity index (χ0n) is 17.9. The Balaban J connectivity index is 0.00000300. The Morgan fingerprint density at radius 3 is 2.28 bits per heavy atom. The summed E-state index contributed by atoms with van der Waals surface area (Å²) in [6.07, 6.45) is 2.66. The summed E-state index contributed by atoms with van der Waals surface area (Å²) in [4.78, 5) is 11.2. The monoisotopic (exact) mass is 512 g/mol. The average Bonchev–Trinajstić information content (AvgIpc) is 3.35. The minimum Gasteiger partial charge on any atom is -0.352 e. The van der Waals surface area contributed by atoms with Crippen molar-refractivity contribution in [2.24, 2.45) is 4.99 Å². The highest BCUT2D eigenvalue weighted by atomic mass is 127. The number of nitrogens with zero attached hydrogens (tertiary/aromatic N) is 4. The van der Waals surface area contributed by atoms with E-state index >= 15 is 0 Å². The average molecular weight is 512 g/mol. The number of hydrogen-bond donors (Lipinski definition) is 2. The Kier molecular flexibility index (Phi) is 8.88. The Bertz CT molecular complexity index is 775. The molecule has 1 aliphatic rings. The number of likely N-dealkylation sites (tertiary alicyclic amines) is 1. The standard InChI is InChI=1S/C21H32N6O.HI/c1-21(2,3)19-25-18(26-28-19)14-24-20(22-4)23-13-16-7-9-17(10-8-16)15-27-11-5-6-12-27;/h7-10H,5-6,11-15H2,1-4H3,(H2,22,23,24);1H. The van der Waals surface area contributed by atoms with Gasteiger partial charge in [0.05, 0.1) is 6.54 Å². The van der Waals surface area contributed by atoms with Crippen LogP contribution in [-0.4, -0.2) is 41.1 Å². The van der Waals surface area contributed by atoms with Gasteiger partial charge in [-0.15, -0.1) is 24.0 Å². The summed E-state index contributed by atoms with van der Waals surface area (Å²) >= 11 is 0. The van der Waals surface area contributed by atoms with Crippen molar-refractivity contribution in [2.45, 2.75) is 58.7 Å². The van der Waals surface area contributed by atoms with Crippen LogP contribution in [0.1, 0.15) is 56.5 Å². The van der Waals surface area contributed by atoms with Crippen LogP contribution in [0.2, 0.25) is 0 Å². The summed E-state index contributed by atoms with van der Waals surface area (Å²) in [5, 5.41) is 10.6. The van der Waals surface area contributed by atoms with Crippen molar-refractivity contribution in [2.75, 3.05) is 20.1 Å². The quantitative estimate of drug-likeness (QED) is 0.351. The van der Waals surface area contributed by atoms with E-state index in [1.165, 1.54) is 37.1 Å². The van der Waals surface area contributed by atoms with Crippen LogP contribution in [0.5, 0.6) is 0 Å². The second-order valence-electron chi connectivity index (χ2n) is 8.34. The van der Waals surface area contributed by atoms with E-state index in [0.717, 1.165) is 6.54 Å². The molecular weight excluding hydrogens is 479 g/mol. The largest absolute Gasteiger partial charge is 0.352 e. The van der Waals surface area contributed by atoms with Crippen LogP contribution in [-0.2, 0) is 25.0 Å². The van der Waals surface area contributed by atoms with E-state index in [4.69, 9.17) is 4.52 Å². The highest BCUT2D eigenvalue weighted by Gasteiger charge is 2.21. The fraction of sp³-hybridized carbons (Fsp3) is 0.571. The predicted octanol–water partition coefficient (Wildman–Crippen LogP) is 3.45. The van der Waals surface area contributed by atoms with Gasteiger partial charge in [0.25, 0.3) is 0 Å². The topological polar surface area (TPSA) is 78.6 Å². The van der Waals surface area contributed by atoms with E-state index in [2.05, 4.69) is 75.7 Å². The van der Waals surface area contributed by atoms with Crippen LogP contribution in [0.4, 0.5) is 0 Å². The molecule has 0 atom stereocenters. The highest BCUT2D eigenvalue weighted by Crippen LogP contribution is 2.19. The van der Waals surface area contributed by atoms with Gasteiger partial charge < -0.3 is 15.2 Å². The summed E-state index contributed by atoms with van der Waals surface area (Å²) in [7, 11) is 1.76. The van der Waals surface area contributed by atoms with Crippen LogP contribution in [0.15, 0.2) is 33.8 Å². The van der Waals surface area contributed by atoms with Gasteiger partial charge in [-0.1, -0.05) is 50.2 Å². The fourth-order valence-electron chi connectivity index (χ4n) is 3.16. The van der Waals surface area contributed by atoms with Crippen LogP contribution in [0.3, 0.4) is 0 Å². The maximum absolute atomic E-state index is 5.32. The molecular formula is C21H33IN6O. The first-order valence-electron chi connectivity index (χ1n) is 10.0. The first kappa shape index (κ1) is 23.6. The van der Waals surface area contributed by atoms with E-state index in [1.807, 2.05) is 0 Å². The van der Waals surface area contributed by atoms with Gasteiger partial charge in [-0.2, -0.15) is 4.98 Å². The van der Waals surface area contributed by atoms with Crippen molar-refractivity contribution in [3.63, 3.8) is 0 Å². The first-order valence-corrected chi connectivity index (χ1v) is 10.0. The summed E-state index contributed by atoms with van der Waals surface area (Å²) < 4.78 is 5.32. The van der Waals surface area contributed by atoms with E-state index < -0.39 is 0 Å². The van der Waals surface area contributed by atoms with E-state index in [9.17, 15) is 0 Å². The van der Waals surface area contributed by atoms with Crippen LogP contribution in [0, 0.1) is 0 Å². The lowest BCUT2D eigenvalue weighted by molar-refractivity contribution is 0.318. The zero-order valence-corrected chi connectivity index (χ0v) is 20.2. The number of hydrogen-bond acceptors (Lipinski definition) is 5. The van der Waals surface area contributed by atoms with Gasteiger partial charge in [0.2, 0.25) is 5.89 Å². The van der Waals surface area contributed by atoms with Crippen molar-refractivity contribution in [1.82, 2.24) is 25.7 Å². The Morgan fingerprint density at radius 1 is 1.07 bits per heavy atom. The van der Waals surface area contributed by atoms with Crippen LogP contribution >= 0.6 is 24.0 Å². The molecule has 2 heterocycles. The van der Waals surface area contributed by atoms with Crippen LogP contribution in [0.25, 0.3) is 0 Å². The molecule has 2 N–H and O–H groups in total. The molecule has 1 aromatic heterocycles. The van der Waals surface area contributed by atoms with Gasteiger partial charge in [0.1, 0.15) is 0 Å². The number of benzene rings is 1. The minimum absolute atomic E-state index is 0. The molecule has 1 saturated heterocycles. The van der Waals surface area contributed by atoms with Gasteiger partial charge in [0.15, 0.2) is 11.8 Å². The lowest BCUT2D eigenvalue weighted by Crippen LogP contribution is -2.36. The predicted molar refractivity (Wildman–Crippen MR) is 126 cm³/mol. The van der Waals surface area contributed by atoms with Crippen molar-refractivity contribution in [1.29, 1.82) is 0 Å². The highest BCUT2D eigenvalue weighted by molar-refractivity contribution is 14.0. The Labute approximate surface area is 190 Å². The summed E-state index contributed by atoms with van der Waals surface area (Å²) in [6.45, 7) is 10.8. The smallest absolute Gasteiger partial charge is 0.232 e. The third-order valence-electron chi connectivity index (χ3n) is 4.84. The van der Waals surface area contributed by atoms with Gasteiger partial charge in [-0.25, -0.2) is 0 Å². The number of nitrogens with one attached hydrogen (secondary N) is 2. The maximum atomic E-state index is 5.32. The van der Waals surface area contributed by atoms with Crippen LogP contribution < -0.4 is 10.6 Å². The molecule has 3 rings (SSSR count). The zero-order chi connectivity index (χ0) is 20.0. The summed E-state index contributed by atoms with van der Waals surface area (Å²) in [5.74, 6) is 1.98. The third kappa shape index (κ3) is 7.26. The molecule has 0 saturated carbocycles. The molecule has 160 valence electrons. The van der Waals surface area contributed by atoms with Gasteiger partial charge in [0, 0.05) is 25.6 Å². The maximum Gasteiger partial charge on any atom is 0.232 e. The summed E-state index contributed by atoms with van der Waals surface area (Å²) in [6, 6.07) is 8.80. The third-order valence-corrected chi connectivity index (χ3v) is 4.84. The van der Waals surface area contributed by atoms with Crippen molar-refractivity contribution in [3.05, 3.63) is 47.1 Å². The van der Waals surface area contributed by atoms with E-state index in [1.54, 1.807) is 7.05 Å². The second-order valence-corrected chi connectivity index (χ2v) is 8.34. The molecule has 0 aliphatic carbocycles. The number of rotatable bonds is 6. The second kappa shape index (κ2) is 10.9. The van der Waals surface area contributed by atoms with Crippen molar-refractivity contribution in [3.8, 4) is 0 Å². The van der Waals surface area contributed by atoms with E-state index in [0.29, 0.717) is 30.8 Å². The lowest BCUT2D eigenvalue weighted by Gasteiger charge is -2.15. The SMILES string of the molecule is CN=C(NCc1ccc(CN2CCCC2)cc1)NCc1noc(C(C)(C)C)n1.I. The molecule has 0 bridgehead atoms. The number of halogens is 1. The molecule has 1 fully saturated rings. The molecule has 1 aromatic carbocycles. The molecule has 0 radical (unpaired) electrons. The van der Waals surface area contributed by atoms with Gasteiger partial charge in [-0.05, 0) is 37.1 Å². The Morgan fingerprint density at radius 2 is 1.69 bits per heavy atom. The Hall–Kier alpha value is -1.68. The molecule has 2 aromatic rings. The summed E-state index contributed by atoms with van der Waals surface area (Å²) in [5.41, 5.74) is 2.45. The molecule has 0 amide bonds. The molecule has 0 unspecified atom stereocenters. The van der Waals surface area contributed by atoms with Gasteiger partial charge in [-0.3, -0.25) is 9.89 Å². The van der Waals surface area contributed by atoms with Gasteiger partial charge >= 0.3 is 0 Å².